The third-order valence-corrected chi connectivity index (χ3v) is 2.89. The van der Waals surface area contributed by atoms with Gasteiger partial charge in [-0.25, -0.2) is 4.98 Å². The molecule has 0 spiro atoms. The maximum Gasteiger partial charge on any atom is 0.0950 e. The van der Waals surface area contributed by atoms with E-state index in [1.807, 2.05) is 19.4 Å². The Kier molecular flexibility index (Phi) is 3.59. The molecule has 0 aliphatic carbocycles. The molecular weight excluding hydrogens is 210 g/mol. The molecular formula is C14H19N3. The highest BCUT2D eigenvalue weighted by atomic mass is 15.0. The molecule has 1 aromatic heterocycles. The molecule has 1 unspecified atom stereocenters. The zero-order chi connectivity index (χ0) is 12.3. The Balaban J connectivity index is 2.44. The van der Waals surface area contributed by atoms with Crippen molar-refractivity contribution in [3.8, 4) is 11.3 Å². The minimum absolute atomic E-state index is 0.175. The van der Waals surface area contributed by atoms with Crippen LogP contribution in [0.15, 0.2) is 36.8 Å². The van der Waals surface area contributed by atoms with E-state index in [0.717, 1.165) is 13.0 Å². The van der Waals surface area contributed by atoms with Crippen LogP contribution in [-0.2, 0) is 13.0 Å². The Morgan fingerprint density at radius 1 is 1.35 bits per heavy atom. The highest BCUT2D eigenvalue weighted by Crippen LogP contribution is 2.24. The molecule has 0 aliphatic rings. The van der Waals surface area contributed by atoms with E-state index in [1.54, 1.807) is 0 Å². The largest absolute Gasteiger partial charge is 0.331 e. The summed E-state index contributed by atoms with van der Waals surface area (Å²) in [5.41, 5.74) is 9.59. The molecule has 0 radical (unpaired) electrons. The minimum Gasteiger partial charge on any atom is -0.331 e. The second kappa shape index (κ2) is 5.15. The van der Waals surface area contributed by atoms with Gasteiger partial charge in [0, 0.05) is 18.2 Å². The van der Waals surface area contributed by atoms with Gasteiger partial charge in [0.05, 0.1) is 18.2 Å². The average Bonchev–Trinajstić information content (AvgIpc) is 2.77. The molecule has 0 aliphatic heterocycles. The number of aryl methyl sites for hydroxylation is 1. The van der Waals surface area contributed by atoms with Crippen molar-refractivity contribution in [2.75, 3.05) is 0 Å². The fourth-order valence-corrected chi connectivity index (χ4v) is 2.09. The summed E-state index contributed by atoms with van der Waals surface area (Å²) in [5.74, 6) is 0. The Labute approximate surface area is 102 Å². The van der Waals surface area contributed by atoms with Crippen LogP contribution >= 0.6 is 0 Å². The maximum atomic E-state index is 5.89. The predicted octanol–water partition coefficient (Wildman–Crippen LogP) is 2.46. The summed E-state index contributed by atoms with van der Waals surface area (Å²) in [6.45, 7) is 5.09. The molecule has 1 atom stereocenters. The van der Waals surface area contributed by atoms with Crippen LogP contribution in [0.25, 0.3) is 11.3 Å². The van der Waals surface area contributed by atoms with Gasteiger partial charge in [0.15, 0.2) is 0 Å². The van der Waals surface area contributed by atoms with Crippen molar-refractivity contribution in [2.24, 2.45) is 5.73 Å². The van der Waals surface area contributed by atoms with Crippen molar-refractivity contribution in [1.29, 1.82) is 0 Å². The molecule has 3 heteroatoms. The third kappa shape index (κ3) is 2.56. The van der Waals surface area contributed by atoms with Crippen molar-refractivity contribution >= 4 is 0 Å². The summed E-state index contributed by atoms with van der Waals surface area (Å²) in [6, 6.07) is 8.59. The smallest absolute Gasteiger partial charge is 0.0950 e. The predicted molar refractivity (Wildman–Crippen MR) is 70.7 cm³/mol. The Bertz CT molecular complexity index is 486. The van der Waals surface area contributed by atoms with Crippen LogP contribution in [0.1, 0.15) is 19.4 Å². The summed E-state index contributed by atoms with van der Waals surface area (Å²) in [4.78, 5) is 4.22. The number of nitrogens with two attached hydrogens (primary N) is 1. The van der Waals surface area contributed by atoms with Crippen molar-refractivity contribution < 1.29 is 0 Å². The molecule has 2 rings (SSSR count). The van der Waals surface area contributed by atoms with E-state index in [9.17, 15) is 0 Å². The number of imidazole rings is 1. The summed E-state index contributed by atoms with van der Waals surface area (Å²) >= 11 is 0. The number of rotatable bonds is 4. The van der Waals surface area contributed by atoms with Crippen LogP contribution in [0.4, 0.5) is 0 Å². The molecule has 0 fully saturated rings. The average molecular weight is 229 g/mol. The number of hydrogen-bond acceptors (Lipinski definition) is 2. The van der Waals surface area contributed by atoms with Crippen LogP contribution in [0.3, 0.4) is 0 Å². The van der Waals surface area contributed by atoms with Gasteiger partial charge in [0.2, 0.25) is 0 Å². The van der Waals surface area contributed by atoms with Gasteiger partial charge in [-0.1, -0.05) is 24.3 Å². The van der Waals surface area contributed by atoms with Gasteiger partial charge in [0.25, 0.3) is 0 Å². The van der Waals surface area contributed by atoms with Gasteiger partial charge in [-0.2, -0.15) is 0 Å². The monoisotopic (exact) mass is 229 g/mol. The highest BCUT2D eigenvalue weighted by Gasteiger charge is 2.09. The van der Waals surface area contributed by atoms with Gasteiger partial charge in [-0.3, -0.25) is 0 Å². The molecule has 17 heavy (non-hydrogen) atoms. The van der Waals surface area contributed by atoms with Gasteiger partial charge in [-0.05, 0) is 25.8 Å². The summed E-state index contributed by atoms with van der Waals surface area (Å²) < 4.78 is 2.15. The first-order chi connectivity index (χ1) is 8.22. The third-order valence-electron chi connectivity index (χ3n) is 2.89. The van der Waals surface area contributed by atoms with E-state index in [1.165, 1.54) is 16.8 Å². The number of hydrogen-bond donors (Lipinski definition) is 1. The second-order valence-electron chi connectivity index (χ2n) is 4.40. The molecule has 0 saturated carbocycles. The second-order valence-corrected chi connectivity index (χ2v) is 4.40. The Morgan fingerprint density at radius 2 is 2.12 bits per heavy atom. The van der Waals surface area contributed by atoms with Crippen LogP contribution in [0.5, 0.6) is 0 Å². The van der Waals surface area contributed by atoms with E-state index < -0.39 is 0 Å². The lowest BCUT2D eigenvalue weighted by Gasteiger charge is -2.12. The fraction of sp³-hybridized carbons (Fsp3) is 0.357. The first-order valence-electron chi connectivity index (χ1n) is 6.06. The molecule has 1 heterocycles. The molecule has 0 bridgehead atoms. The van der Waals surface area contributed by atoms with Gasteiger partial charge in [-0.15, -0.1) is 0 Å². The van der Waals surface area contributed by atoms with Crippen LogP contribution < -0.4 is 5.73 Å². The molecule has 90 valence electrons. The van der Waals surface area contributed by atoms with Gasteiger partial charge in [0.1, 0.15) is 0 Å². The summed E-state index contributed by atoms with van der Waals surface area (Å²) in [5, 5.41) is 0. The zero-order valence-electron chi connectivity index (χ0n) is 10.4. The van der Waals surface area contributed by atoms with Crippen LogP contribution in [0, 0.1) is 0 Å². The standard InChI is InChI=1S/C14H19N3/c1-3-17-10-16-9-14(17)13-7-5-4-6-12(13)8-11(2)15/h4-7,9-11H,3,8,15H2,1-2H3. The zero-order valence-corrected chi connectivity index (χ0v) is 10.4. The number of nitrogens with zero attached hydrogens (tertiary/aromatic N) is 2. The first-order valence-corrected chi connectivity index (χ1v) is 6.06. The molecule has 3 nitrogen and oxygen atoms in total. The molecule has 2 N–H and O–H groups in total. The summed E-state index contributed by atoms with van der Waals surface area (Å²) in [6.07, 6.45) is 4.69. The number of benzene rings is 1. The van der Waals surface area contributed by atoms with Crippen molar-refractivity contribution in [3.05, 3.63) is 42.4 Å². The van der Waals surface area contributed by atoms with E-state index in [0.29, 0.717) is 0 Å². The lowest BCUT2D eigenvalue weighted by Crippen LogP contribution is -2.18. The fourth-order valence-electron chi connectivity index (χ4n) is 2.09. The SMILES string of the molecule is CCn1cncc1-c1ccccc1CC(C)N. The van der Waals surface area contributed by atoms with Crippen LogP contribution in [0.2, 0.25) is 0 Å². The van der Waals surface area contributed by atoms with Crippen molar-refractivity contribution in [2.45, 2.75) is 32.9 Å². The van der Waals surface area contributed by atoms with Crippen molar-refractivity contribution in [3.63, 3.8) is 0 Å². The lowest BCUT2D eigenvalue weighted by molar-refractivity contribution is 0.735. The van der Waals surface area contributed by atoms with Crippen molar-refractivity contribution in [1.82, 2.24) is 9.55 Å². The molecule has 0 saturated heterocycles. The molecule has 0 amide bonds. The first kappa shape index (κ1) is 11.9. The Morgan fingerprint density at radius 3 is 2.82 bits per heavy atom. The normalized spacial score (nSPS) is 12.6. The lowest BCUT2D eigenvalue weighted by atomic mass is 9.99. The Hall–Kier alpha value is -1.61. The highest BCUT2D eigenvalue weighted by molar-refractivity contribution is 5.63. The van der Waals surface area contributed by atoms with Gasteiger partial charge < -0.3 is 10.3 Å². The maximum absolute atomic E-state index is 5.89. The van der Waals surface area contributed by atoms with E-state index in [2.05, 4.69) is 40.7 Å². The quantitative estimate of drug-likeness (QED) is 0.875. The molecule has 2 aromatic rings. The van der Waals surface area contributed by atoms with Gasteiger partial charge >= 0.3 is 0 Å². The molecule has 1 aromatic carbocycles. The van der Waals surface area contributed by atoms with Crippen LogP contribution in [-0.4, -0.2) is 15.6 Å². The summed E-state index contributed by atoms with van der Waals surface area (Å²) in [7, 11) is 0. The minimum atomic E-state index is 0.175. The van der Waals surface area contributed by atoms with E-state index in [4.69, 9.17) is 5.73 Å². The van der Waals surface area contributed by atoms with E-state index in [-0.39, 0.29) is 6.04 Å². The number of aromatic nitrogens is 2. The van der Waals surface area contributed by atoms with E-state index >= 15 is 0 Å². The topological polar surface area (TPSA) is 43.8 Å².